The van der Waals surface area contributed by atoms with E-state index < -0.39 is 0 Å². The Hall–Kier alpha value is -0.530. The quantitative estimate of drug-likeness (QED) is 0.642. The minimum atomic E-state index is 0.230. The molecular weight excluding hydrogens is 150 g/mol. The molecule has 0 radical (unpaired) electrons. The lowest BCUT2D eigenvalue weighted by Gasteiger charge is -2.18. The number of carbonyl (C=O) groups is 1. The van der Waals surface area contributed by atoms with Gasteiger partial charge in [0.2, 0.25) is 5.91 Å². The van der Waals surface area contributed by atoms with Crippen LogP contribution in [0.2, 0.25) is 0 Å². The fraction of sp³-hybridized carbons (Fsp3) is 0.900. The predicted molar refractivity (Wildman–Crippen MR) is 54.1 cm³/mol. The molecule has 0 bridgehead atoms. The van der Waals surface area contributed by atoms with Gasteiger partial charge in [-0.3, -0.25) is 4.79 Å². The lowest BCUT2D eigenvalue weighted by atomic mass is 10.2. The van der Waals surface area contributed by atoms with Gasteiger partial charge < -0.3 is 4.90 Å². The first-order valence-electron chi connectivity index (χ1n) is 4.81. The molecule has 0 rings (SSSR count). The highest BCUT2D eigenvalue weighted by atomic mass is 16.2. The van der Waals surface area contributed by atoms with Crippen LogP contribution in [0.4, 0.5) is 0 Å². The fourth-order valence-corrected chi connectivity index (χ4v) is 0.919. The molecule has 0 aromatic rings. The molecule has 0 atom stereocenters. The molecule has 0 aromatic heterocycles. The van der Waals surface area contributed by atoms with Crippen LogP contribution in [0.1, 0.15) is 41.0 Å². The van der Waals surface area contributed by atoms with Gasteiger partial charge in [0.1, 0.15) is 0 Å². The van der Waals surface area contributed by atoms with Crippen LogP contribution in [0.25, 0.3) is 0 Å². The third kappa shape index (κ3) is 7.58. The molecule has 0 saturated heterocycles. The van der Waals surface area contributed by atoms with Crippen molar-refractivity contribution in [3.63, 3.8) is 0 Å². The summed E-state index contributed by atoms with van der Waals surface area (Å²) in [6, 6.07) is 0. The van der Waals surface area contributed by atoms with Crippen molar-refractivity contribution in [1.29, 1.82) is 0 Å². The summed E-state index contributed by atoms with van der Waals surface area (Å²) in [5.41, 5.74) is 0. The van der Waals surface area contributed by atoms with E-state index in [0.29, 0.717) is 12.3 Å². The maximum Gasteiger partial charge on any atom is 0.222 e. The van der Waals surface area contributed by atoms with Crippen LogP contribution in [-0.2, 0) is 4.79 Å². The summed E-state index contributed by atoms with van der Waals surface area (Å²) >= 11 is 0. The van der Waals surface area contributed by atoms with E-state index in [0.717, 1.165) is 6.54 Å². The van der Waals surface area contributed by atoms with E-state index in [4.69, 9.17) is 0 Å². The van der Waals surface area contributed by atoms with Crippen LogP contribution >= 0.6 is 0 Å². The van der Waals surface area contributed by atoms with Crippen molar-refractivity contribution in [1.82, 2.24) is 4.90 Å². The van der Waals surface area contributed by atoms with E-state index in [-0.39, 0.29) is 5.91 Å². The van der Waals surface area contributed by atoms with Crippen molar-refractivity contribution < 1.29 is 4.79 Å². The van der Waals surface area contributed by atoms with Crippen molar-refractivity contribution in [2.75, 3.05) is 13.6 Å². The van der Waals surface area contributed by atoms with Gasteiger partial charge in [0.25, 0.3) is 0 Å². The van der Waals surface area contributed by atoms with Gasteiger partial charge in [0.05, 0.1) is 0 Å². The second-order valence-corrected chi connectivity index (χ2v) is 3.02. The molecule has 0 fully saturated rings. The van der Waals surface area contributed by atoms with E-state index >= 15 is 0 Å². The first-order valence-corrected chi connectivity index (χ1v) is 4.81. The van der Waals surface area contributed by atoms with Gasteiger partial charge >= 0.3 is 0 Å². The molecule has 74 valence electrons. The number of amides is 1. The van der Waals surface area contributed by atoms with Crippen LogP contribution in [-0.4, -0.2) is 24.4 Å². The van der Waals surface area contributed by atoms with E-state index in [2.05, 4.69) is 13.8 Å². The van der Waals surface area contributed by atoms with Crippen molar-refractivity contribution in [2.45, 2.75) is 41.0 Å². The molecule has 0 saturated carbocycles. The maximum absolute atomic E-state index is 11.0. The van der Waals surface area contributed by atoms with Gasteiger partial charge in [-0.2, -0.15) is 0 Å². The van der Waals surface area contributed by atoms with Crippen LogP contribution in [0, 0.1) is 5.92 Å². The molecule has 0 heterocycles. The third-order valence-electron chi connectivity index (χ3n) is 1.37. The van der Waals surface area contributed by atoms with Crippen molar-refractivity contribution >= 4 is 5.91 Å². The monoisotopic (exact) mass is 173 g/mol. The van der Waals surface area contributed by atoms with E-state index in [9.17, 15) is 4.79 Å². The number of hydrogen-bond acceptors (Lipinski definition) is 1. The Bertz CT molecular complexity index is 110. The van der Waals surface area contributed by atoms with Gasteiger partial charge in [0, 0.05) is 20.0 Å². The normalized spacial score (nSPS) is 8.92. The van der Waals surface area contributed by atoms with E-state index in [1.54, 1.807) is 4.90 Å². The molecular formula is C10H23NO. The SMILES string of the molecule is CC.CCC(=O)N(C)CC(C)C. The molecule has 0 N–H and O–H groups in total. The highest BCUT2D eigenvalue weighted by molar-refractivity contribution is 5.75. The summed E-state index contributed by atoms with van der Waals surface area (Å²) < 4.78 is 0. The van der Waals surface area contributed by atoms with Crippen LogP contribution in [0.5, 0.6) is 0 Å². The molecule has 12 heavy (non-hydrogen) atoms. The summed E-state index contributed by atoms with van der Waals surface area (Å²) in [5, 5.41) is 0. The minimum Gasteiger partial charge on any atom is -0.346 e. The summed E-state index contributed by atoms with van der Waals surface area (Å²) in [6.45, 7) is 11.0. The van der Waals surface area contributed by atoms with Crippen molar-refractivity contribution in [2.24, 2.45) is 5.92 Å². The molecule has 0 spiro atoms. The topological polar surface area (TPSA) is 20.3 Å². The molecule has 0 aliphatic heterocycles. The van der Waals surface area contributed by atoms with E-state index in [1.807, 2.05) is 27.8 Å². The Morgan fingerprint density at radius 2 is 1.75 bits per heavy atom. The van der Waals surface area contributed by atoms with Crippen LogP contribution in [0.15, 0.2) is 0 Å². The molecule has 2 heteroatoms. The molecule has 0 aliphatic carbocycles. The van der Waals surface area contributed by atoms with Gasteiger partial charge in [-0.05, 0) is 5.92 Å². The standard InChI is InChI=1S/C8H17NO.C2H6/c1-5-8(10)9(4)6-7(2)3;1-2/h7H,5-6H2,1-4H3;1-2H3. The van der Waals surface area contributed by atoms with Gasteiger partial charge in [-0.15, -0.1) is 0 Å². The first kappa shape index (κ1) is 14.0. The molecule has 1 amide bonds. The zero-order valence-corrected chi connectivity index (χ0v) is 9.35. The number of carbonyl (C=O) groups excluding carboxylic acids is 1. The Morgan fingerprint density at radius 1 is 1.33 bits per heavy atom. The van der Waals surface area contributed by atoms with E-state index in [1.165, 1.54) is 0 Å². The smallest absolute Gasteiger partial charge is 0.222 e. The molecule has 0 aromatic carbocycles. The Morgan fingerprint density at radius 3 is 2.00 bits per heavy atom. The summed E-state index contributed by atoms with van der Waals surface area (Å²) in [7, 11) is 1.85. The predicted octanol–water partition coefficient (Wildman–Crippen LogP) is 2.54. The third-order valence-corrected chi connectivity index (χ3v) is 1.37. The zero-order chi connectivity index (χ0) is 10.1. The Kier molecular flexibility index (Phi) is 10.0. The largest absolute Gasteiger partial charge is 0.346 e. The summed E-state index contributed by atoms with van der Waals surface area (Å²) in [6.07, 6.45) is 0.614. The Balaban J connectivity index is 0. The van der Waals surface area contributed by atoms with Crippen molar-refractivity contribution in [3.8, 4) is 0 Å². The average Bonchev–Trinajstić information content (AvgIpc) is 2.05. The van der Waals surface area contributed by atoms with Gasteiger partial charge in [-0.25, -0.2) is 0 Å². The maximum atomic E-state index is 11.0. The van der Waals surface area contributed by atoms with Gasteiger partial charge in [-0.1, -0.05) is 34.6 Å². The second-order valence-electron chi connectivity index (χ2n) is 3.02. The minimum absolute atomic E-state index is 0.230. The lowest BCUT2D eigenvalue weighted by molar-refractivity contribution is -0.129. The molecule has 2 nitrogen and oxygen atoms in total. The fourth-order valence-electron chi connectivity index (χ4n) is 0.919. The molecule has 0 unspecified atom stereocenters. The second kappa shape index (κ2) is 8.57. The van der Waals surface area contributed by atoms with Gasteiger partial charge in [0.15, 0.2) is 0 Å². The number of nitrogens with zero attached hydrogens (tertiary/aromatic N) is 1. The lowest BCUT2D eigenvalue weighted by Crippen LogP contribution is -2.29. The highest BCUT2D eigenvalue weighted by Crippen LogP contribution is 1.97. The molecule has 0 aliphatic rings. The highest BCUT2D eigenvalue weighted by Gasteiger charge is 2.06. The van der Waals surface area contributed by atoms with Crippen LogP contribution in [0.3, 0.4) is 0 Å². The average molecular weight is 173 g/mol. The summed E-state index contributed by atoms with van der Waals surface area (Å²) in [5.74, 6) is 0.800. The van der Waals surface area contributed by atoms with Crippen LogP contribution < -0.4 is 0 Å². The first-order chi connectivity index (χ1) is 5.57. The number of rotatable bonds is 3. The number of hydrogen-bond donors (Lipinski definition) is 0. The zero-order valence-electron chi connectivity index (χ0n) is 9.35. The summed E-state index contributed by atoms with van der Waals surface area (Å²) in [4.78, 5) is 12.8. The Labute approximate surface area is 77.0 Å². The van der Waals surface area contributed by atoms with Crippen molar-refractivity contribution in [3.05, 3.63) is 0 Å².